The Morgan fingerprint density at radius 2 is 2.20 bits per heavy atom. The molecule has 25 heavy (non-hydrogen) atoms. The Morgan fingerprint density at radius 3 is 2.92 bits per heavy atom. The van der Waals surface area contributed by atoms with Crippen LogP contribution in [0.3, 0.4) is 0 Å². The van der Waals surface area contributed by atoms with Crippen LogP contribution in [0.15, 0.2) is 29.3 Å². The molecule has 0 spiro atoms. The normalized spacial score (nSPS) is 17.3. The first-order chi connectivity index (χ1) is 12.1. The molecule has 8 heteroatoms. The lowest BCUT2D eigenvalue weighted by atomic mass is 10.2. The van der Waals surface area contributed by atoms with Gasteiger partial charge in [-0.05, 0) is 31.5 Å². The zero-order valence-electron chi connectivity index (χ0n) is 14.2. The molecule has 4 rings (SSSR count). The van der Waals surface area contributed by atoms with Crippen LogP contribution in [0.4, 0.5) is 5.82 Å². The fraction of sp³-hybridized carbons (Fsp3) is 0.353. The van der Waals surface area contributed by atoms with E-state index in [0.717, 1.165) is 25.1 Å². The van der Waals surface area contributed by atoms with Crippen LogP contribution in [0, 0.1) is 6.92 Å². The van der Waals surface area contributed by atoms with Gasteiger partial charge in [0.1, 0.15) is 17.6 Å². The second kappa shape index (κ2) is 5.89. The van der Waals surface area contributed by atoms with E-state index in [0.29, 0.717) is 22.6 Å². The largest absolute Gasteiger partial charge is 0.496 e. The molecule has 0 radical (unpaired) electrons. The minimum Gasteiger partial charge on any atom is -0.496 e. The van der Waals surface area contributed by atoms with Crippen LogP contribution in [-0.2, 0) is 0 Å². The number of aromatic nitrogens is 4. The highest BCUT2D eigenvalue weighted by atomic mass is 16.5. The van der Waals surface area contributed by atoms with Crippen molar-refractivity contribution in [2.45, 2.75) is 19.4 Å². The maximum atomic E-state index is 13.2. The van der Waals surface area contributed by atoms with Crippen molar-refractivity contribution in [3.63, 3.8) is 0 Å². The van der Waals surface area contributed by atoms with Crippen molar-refractivity contribution in [2.75, 3.05) is 25.9 Å². The number of methoxy groups -OCH3 is 1. The summed E-state index contributed by atoms with van der Waals surface area (Å²) >= 11 is 0. The molecule has 0 unspecified atom stereocenters. The Balaban J connectivity index is 2.04. The van der Waals surface area contributed by atoms with Crippen LogP contribution in [0.2, 0.25) is 0 Å². The Bertz CT molecular complexity index is 1000. The van der Waals surface area contributed by atoms with Crippen molar-refractivity contribution in [1.29, 1.82) is 0 Å². The molecule has 1 aromatic carbocycles. The average molecular weight is 340 g/mol. The fourth-order valence-corrected chi connectivity index (χ4v) is 3.44. The Kier molecular flexibility index (Phi) is 3.69. The van der Waals surface area contributed by atoms with Crippen molar-refractivity contribution in [3.05, 3.63) is 40.6 Å². The van der Waals surface area contributed by atoms with Crippen LogP contribution in [-0.4, -0.2) is 39.3 Å². The van der Waals surface area contributed by atoms with Gasteiger partial charge in [-0.25, -0.2) is 14.8 Å². The number of hydrogen-bond acceptors (Lipinski definition) is 6. The average Bonchev–Trinajstić information content (AvgIpc) is 3.22. The predicted molar refractivity (Wildman–Crippen MR) is 95.4 cm³/mol. The summed E-state index contributed by atoms with van der Waals surface area (Å²) in [6.07, 6.45) is 2.27. The minimum atomic E-state index is -0.165. The van der Waals surface area contributed by atoms with Crippen molar-refractivity contribution in [2.24, 2.45) is 0 Å². The van der Waals surface area contributed by atoms with Gasteiger partial charge in [0.15, 0.2) is 11.5 Å². The van der Waals surface area contributed by atoms with Crippen LogP contribution in [0.25, 0.3) is 16.9 Å². The summed E-state index contributed by atoms with van der Waals surface area (Å²) in [7, 11) is 1.61. The summed E-state index contributed by atoms with van der Waals surface area (Å²) in [4.78, 5) is 21.7. The van der Waals surface area contributed by atoms with Crippen molar-refractivity contribution < 1.29 is 4.74 Å². The first kappa shape index (κ1) is 15.6. The number of aryl methyl sites for hydroxylation is 1. The minimum absolute atomic E-state index is 0.0536. The third kappa shape index (κ3) is 2.37. The van der Waals surface area contributed by atoms with Gasteiger partial charge in [0, 0.05) is 12.6 Å². The van der Waals surface area contributed by atoms with Crippen molar-refractivity contribution >= 4 is 17.0 Å². The Labute approximate surface area is 144 Å². The predicted octanol–water partition coefficient (Wildman–Crippen LogP) is 1.02. The Morgan fingerprint density at radius 1 is 1.36 bits per heavy atom. The topological polar surface area (TPSA) is 100.0 Å². The number of anilines is 1. The van der Waals surface area contributed by atoms with E-state index in [1.807, 2.05) is 25.1 Å². The van der Waals surface area contributed by atoms with Gasteiger partial charge in [-0.2, -0.15) is 0 Å². The van der Waals surface area contributed by atoms with Crippen LogP contribution < -0.4 is 21.5 Å². The summed E-state index contributed by atoms with van der Waals surface area (Å²) in [6, 6.07) is 5.68. The molecule has 0 aliphatic carbocycles. The highest BCUT2D eigenvalue weighted by Crippen LogP contribution is 2.27. The van der Waals surface area contributed by atoms with E-state index in [1.54, 1.807) is 16.2 Å². The second-order valence-electron chi connectivity index (χ2n) is 6.22. The zero-order chi connectivity index (χ0) is 17.6. The SMILES string of the molecule is COc1cc(-n2c(=O)n([C@@H]3CCNC3)c3ncnc(N)c32)ccc1C. The molecule has 3 heterocycles. The summed E-state index contributed by atoms with van der Waals surface area (Å²) < 4.78 is 8.70. The Hall–Kier alpha value is -2.87. The molecule has 3 aromatic rings. The molecule has 1 aliphatic rings. The van der Waals surface area contributed by atoms with Gasteiger partial charge >= 0.3 is 5.69 Å². The van der Waals surface area contributed by atoms with Gasteiger partial charge in [-0.1, -0.05) is 6.07 Å². The number of rotatable bonds is 3. The smallest absolute Gasteiger partial charge is 0.335 e. The number of hydrogen-bond donors (Lipinski definition) is 2. The van der Waals surface area contributed by atoms with Gasteiger partial charge in [-0.3, -0.25) is 9.13 Å². The quantitative estimate of drug-likeness (QED) is 0.738. The lowest BCUT2D eigenvalue weighted by Gasteiger charge is -2.10. The maximum absolute atomic E-state index is 13.2. The van der Waals surface area contributed by atoms with E-state index < -0.39 is 0 Å². The van der Waals surface area contributed by atoms with Crippen LogP contribution in [0.5, 0.6) is 5.75 Å². The fourth-order valence-electron chi connectivity index (χ4n) is 3.44. The van der Waals surface area contributed by atoms with Gasteiger partial charge in [-0.15, -0.1) is 0 Å². The number of nitrogens with two attached hydrogens (primary N) is 1. The number of ether oxygens (including phenoxy) is 1. The summed E-state index contributed by atoms with van der Waals surface area (Å²) in [5, 5.41) is 3.29. The molecule has 1 aliphatic heterocycles. The molecule has 3 N–H and O–H groups in total. The van der Waals surface area contributed by atoms with Gasteiger partial charge in [0.05, 0.1) is 18.8 Å². The van der Waals surface area contributed by atoms with Crippen LogP contribution >= 0.6 is 0 Å². The van der Waals surface area contributed by atoms with Crippen LogP contribution in [0.1, 0.15) is 18.0 Å². The molecule has 0 amide bonds. The van der Waals surface area contributed by atoms with E-state index >= 15 is 0 Å². The van der Waals surface area contributed by atoms with E-state index in [2.05, 4.69) is 15.3 Å². The highest BCUT2D eigenvalue weighted by Gasteiger charge is 2.26. The number of benzene rings is 1. The van der Waals surface area contributed by atoms with Crippen molar-refractivity contribution in [1.82, 2.24) is 24.4 Å². The van der Waals surface area contributed by atoms with E-state index in [-0.39, 0.29) is 17.5 Å². The monoisotopic (exact) mass is 340 g/mol. The number of nitrogens with zero attached hydrogens (tertiary/aromatic N) is 4. The van der Waals surface area contributed by atoms with E-state index in [4.69, 9.17) is 10.5 Å². The maximum Gasteiger partial charge on any atom is 0.335 e. The lowest BCUT2D eigenvalue weighted by molar-refractivity contribution is 0.411. The molecule has 1 saturated heterocycles. The molecular formula is C17H20N6O2. The molecule has 0 bridgehead atoms. The first-order valence-electron chi connectivity index (χ1n) is 8.21. The number of nitrogens with one attached hydrogen (secondary N) is 1. The standard InChI is InChI=1S/C17H20N6O2/c1-10-3-4-11(7-13(10)25-2)22-14-15(18)20-9-21-16(14)23(17(22)24)12-5-6-19-8-12/h3-4,7,9,12,19H,5-6,8H2,1-2H3,(H2,18,20,21)/t12-/m1/s1. The summed E-state index contributed by atoms with van der Waals surface area (Å²) in [5.74, 6) is 0.995. The molecular weight excluding hydrogens is 320 g/mol. The van der Waals surface area contributed by atoms with E-state index in [9.17, 15) is 4.79 Å². The molecule has 8 nitrogen and oxygen atoms in total. The zero-order valence-corrected chi connectivity index (χ0v) is 14.2. The summed E-state index contributed by atoms with van der Waals surface area (Å²) in [5.41, 5.74) is 8.71. The molecule has 1 atom stereocenters. The number of nitrogen functional groups attached to an aromatic ring is 1. The van der Waals surface area contributed by atoms with E-state index in [1.165, 1.54) is 6.33 Å². The molecule has 130 valence electrons. The highest BCUT2D eigenvalue weighted by molar-refractivity contribution is 5.84. The molecule has 2 aromatic heterocycles. The first-order valence-corrected chi connectivity index (χ1v) is 8.21. The lowest BCUT2D eigenvalue weighted by Crippen LogP contribution is -2.28. The second-order valence-corrected chi connectivity index (χ2v) is 6.22. The number of imidazole rings is 1. The van der Waals surface area contributed by atoms with Crippen molar-refractivity contribution in [3.8, 4) is 11.4 Å². The third-order valence-corrected chi connectivity index (χ3v) is 4.73. The molecule has 1 fully saturated rings. The summed E-state index contributed by atoms with van der Waals surface area (Å²) in [6.45, 7) is 3.57. The van der Waals surface area contributed by atoms with Gasteiger partial charge < -0.3 is 15.8 Å². The number of fused-ring (bicyclic) bond motifs is 1. The van der Waals surface area contributed by atoms with Gasteiger partial charge in [0.25, 0.3) is 0 Å². The van der Waals surface area contributed by atoms with Gasteiger partial charge in [0.2, 0.25) is 0 Å². The third-order valence-electron chi connectivity index (χ3n) is 4.73. The molecule has 0 saturated carbocycles.